The number of hydrogen-bond donors (Lipinski definition) is 1. The Balaban J connectivity index is 2.00. The van der Waals surface area contributed by atoms with E-state index in [9.17, 15) is 0 Å². The Kier molecular flexibility index (Phi) is 3.72. The highest BCUT2D eigenvalue weighted by Gasteiger charge is 2.13. The summed E-state index contributed by atoms with van der Waals surface area (Å²) in [5.74, 6) is 1.09. The lowest BCUT2D eigenvalue weighted by Crippen LogP contribution is -2.22. The molecule has 0 saturated heterocycles. The van der Waals surface area contributed by atoms with E-state index in [2.05, 4.69) is 23.1 Å². The lowest BCUT2D eigenvalue weighted by atomic mass is 9.94. The molecule has 0 saturated carbocycles. The molecule has 4 heteroatoms. The molecule has 16 heavy (non-hydrogen) atoms. The molecule has 2 N–H and O–H groups in total. The van der Waals surface area contributed by atoms with Crippen molar-refractivity contribution >= 4 is 0 Å². The standard InChI is InChI=1S/C12H20N4/c1-2-7-16-12(14-9-15-16)8-10-3-5-11(13)6-4-10/h3,9,11H,2,4-8,13H2,1H3. The normalized spacial score (nSPS) is 20.9. The molecule has 1 atom stereocenters. The van der Waals surface area contributed by atoms with E-state index in [0.717, 1.165) is 44.5 Å². The van der Waals surface area contributed by atoms with Crippen molar-refractivity contribution < 1.29 is 0 Å². The molecule has 0 bridgehead atoms. The fraction of sp³-hybridized carbons (Fsp3) is 0.667. The Hall–Kier alpha value is -1.16. The Morgan fingerprint density at radius 1 is 1.56 bits per heavy atom. The summed E-state index contributed by atoms with van der Waals surface area (Å²) in [5, 5.41) is 4.24. The van der Waals surface area contributed by atoms with Crippen LogP contribution in [0.1, 0.15) is 38.4 Å². The molecule has 0 spiro atoms. The summed E-state index contributed by atoms with van der Waals surface area (Å²) >= 11 is 0. The van der Waals surface area contributed by atoms with Crippen LogP contribution < -0.4 is 5.73 Å². The first-order chi connectivity index (χ1) is 7.79. The maximum Gasteiger partial charge on any atom is 0.138 e. The van der Waals surface area contributed by atoms with E-state index < -0.39 is 0 Å². The Morgan fingerprint density at radius 2 is 2.44 bits per heavy atom. The first-order valence-corrected chi connectivity index (χ1v) is 6.09. The van der Waals surface area contributed by atoms with Gasteiger partial charge in [0.2, 0.25) is 0 Å². The summed E-state index contributed by atoms with van der Waals surface area (Å²) in [7, 11) is 0. The maximum atomic E-state index is 5.87. The quantitative estimate of drug-likeness (QED) is 0.785. The molecule has 1 aromatic rings. The maximum absolute atomic E-state index is 5.87. The van der Waals surface area contributed by atoms with Crippen LogP contribution in [0, 0.1) is 0 Å². The van der Waals surface area contributed by atoms with Gasteiger partial charge in [-0.1, -0.05) is 18.6 Å². The van der Waals surface area contributed by atoms with Crippen molar-refractivity contribution in [1.29, 1.82) is 0 Å². The average Bonchev–Trinajstić information content (AvgIpc) is 2.70. The topological polar surface area (TPSA) is 56.7 Å². The minimum Gasteiger partial charge on any atom is -0.327 e. The Morgan fingerprint density at radius 3 is 3.12 bits per heavy atom. The minimum absolute atomic E-state index is 0.359. The molecule has 0 aliphatic heterocycles. The van der Waals surface area contributed by atoms with Gasteiger partial charge in [0, 0.05) is 19.0 Å². The van der Waals surface area contributed by atoms with Crippen LogP contribution in [0.15, 0.2) is 18.0 Å². The predicted octanol–water partition coefficient (Wildman–Crippen LogP) is 1.67. The van der Waals surface area contributed by atoms with Crippen LogP contribution in [0.5, 0.6) is 0 Å². The second-order valence-corrected chi connectivity index (χ2v) is 4.47. The van der Waals surface area contributed by atoms with Crippen molar-refractivity contribution in [2.75, 3.05) is 0 Å². The molecule has 4 nitrogen and oxygen atoms in total. The van der Waals surface area contributed by atoms with Gasteiger partial charge in [-0.3, -0.25) is 0 Å². The smallest absolute Gasteiger partial charge is 0.138 e. The summed E-state index contributed by atoms with van der Waals surface area (Å²) in [5.41, 5.74) is 7.34. The van der Waals surface area contributed by atoms with Crippen LogP contribution in [0.25, 0.3) is 0 Å². The van der Waals surface area contributed by atoms with Gasteiger partial charge in [0.1, 0.15) is 12.2 Å². The molecular formula is C12H20N4. The monoisotopic (exact) mass is 220 g/mol. The zero-order valence-electron chi connectivity index (χ0n) is 9.89. The highest BCUT2D eigenvalue weighted by molar-refractivity contribution is 5.13. The molecule has 1 heterocycles. The van der Waals surface area contributed by atoms with Gasteiger partial charge in [0.05, 0.1) is 0 Å². The predicted molar refractivity (Wildman–Crippen MR) is 63.9 cm³/mol. The van der Waals surface area contributed by atoms with E-state index in [-0.39, 0.29) is 0 Å². The summed E-state index contributed by atoms with van der Waals surface area (Å²) < 4.78 is 2.01. The van der Waals surface area contributed by atoms with Crippen molar-refractivity contribution in [1.82, 2.24) is 14.8 Å². The number of hydrogen-bond acceptors (Lipinski definition) is 3. The fourth-order valence-corrected chi connectivity index (χ4v) is 2.10. The third-order valence-corrected chi connectivity index (χ3v) is 3.06. The zero-order valence-corrected chi connectivity index (χ0v) is 9.89. The van der Waals surface area contributed by atoms with Crippen molar-refractivity contribution in [3.8, 4) is 0 Å². The molecule has 0 amide bonds. The molecule has 1 aromatic heterocycles. The number of nitrogens with two attached hydrogens (primary N) is 1. The molecule has 1 unspecified atom stereocenters. The number of rotatable bonds is 4. The minimum atomic E-state index is 0.359. The number of aryl methyl sites for hydroxylation is 1. The lowest BCUT2D eigenvalue weighted by molar-refractivity contribution is 0.554. The molecular weight excluding hydrogens is 200 g/mol. The van der Waals surface area contributed by atoms with E-state index in [4.69, 9.17) is 5.73 Å². The third kappa shape index (κ3) is 2.70. The second-order valence-electron chi connectivity index (χ2n) is 4.47. The lowest BCUT2D eigenvalue weighted by Gasteiger charge is -2.18. The van der Waals surface area contributed by atoms with Crippen LogP contribution in [0.4, 0.5) is 0 Å². The van der Waals surface area contributed by atoms with Gasteiger partial charge >= 0.3 is 0 Å². The summed E-state index contributed by atoms with van der Waals surface area (Å²) in [6.07, 6.45) is 9.19. The van der Waals surface area contributed by atoms with Crippen LogP contribution in [-0.2, 0) is 13.0 Å². The van der Waals surface area contributed by atoms with Gasteiger partial charge in [-0.15, -0.1) is 0 Å². The largest absolute Gasteiger partial charge is 0.327 e. The number of aromatic nitrogens is 3. The summed E-state index contributed by atoms with van der Waals surface area (Å²) in [6, 6.07) is 0.359. The molecule has 0 fully saturated rings. The summed E-state index contributed by atoms with van der Waals surface area (Å²) in [4.78, 5) is 4.33. The van der Waals surface area contributed by atoms with Crippen LogP contribution in [-0.4, -0.2) is 20.8 Å². The van der Waals surface area contributed by atoms with E-state index in [1.807, 2.05) is 4.68 Å². The first kappa shape index (κ1) is 11.3. The molecule has 1 aliphatic rings. The van der Waals surface area contributed by atoms with Crippen molar-refractivity contribution in [3.05, 3.63) is 23.8 Å². The SMILES string of the molecule is CCCn1ncnc1CC1=CCC(N)CC1. The first-order valence-electron chi connectivity index (χ1n) is 6.09. The van der Waals surface area contributed by atoms with Gasteiger partial charge in [0.25, 0.3) is 0 Å². The molecule has 2 rings (SSSR count). The van der Waals surface area contributed by atoms with Gasteiger partial charge in [-0.05, 0) is 25.7 Å². The third-order valence-electron chi connectivity index (χ3n) is 3.06. The number of nitrogens with zero attached hydrogens (tertiary/aromatic N) is 3. The highest BCUT2D eigenvalue weighted by Crippen LogP contribution is 2.19. The Labute approximate surface area is 96.6 Å². The van der Waals surface area contributed by atoms with E-state index >= 15 is 0 Å². The van der Waals surface area contributed by atoms with Crippen LogP contribution in [0.3, 0.4) is 0 Å². The van der Waals surface area contributed by atoms with Crippen molar-refractivity contribution in [2.45, 2.75) is 51.6 Å². The molecule has 1 aliphatic carbocycles. The van der Waals surface area contributed by atoms with Gasteiger partial charge < -0.3 is 5.73 Å². The van der Waals surface area contributed by atoms with Crippen molar-refractivity contribution in [2.24, 2.45) is 5.73 Å². The molecule has 0 aromatic carbocycles. The Bertz CT molecular complexity index is 367. The highest BCUT2D eigenvalue weighted by atomic mass is 15.3. The van der Waals surface area contributed by atoms with E-state index in [0.29, 0.717) is 6.04 Å². The van der Waals surface area contributed by atoms with Crippen LogP contribution in [0.2, 0.25) is 0 Å². The average molecular weight is 220 g/mol. The summed E-state index contributed by atoms with van der Waals surface area (Å²) in [6.45, 7) is 3.12. The van der Waals surface area contributed by atoms with Gasteiger partial charge in [-0.2, -0.15) is 5.10 Å². The molecule has 88 valence electrons. The van der Waals surface area contributed by atoms with Crippen molar-refractivity contribution in [3.63, 3.8) is 0 Å². The number of allylic oxidation sites excluding steroid dienone is 1. The molecule has 0 radical (unpaired) electrons. The van der Waals surface area contributed by atoms with Gasteiger partial charge in [-0.25, -0.2) is 9.67 Å². The van der Waals surface area contributed by atoms with Crippen LogP contribution >= 0.6 is 0 Å². The van der Waals surface area contributed by atoms with E-state index in [1.54, 1.807) is 6.33 Å². The van der Waals surface area contributed by atoms with Gasteiger partial charge in [0.15, 0.2) is 0 Å². The zero-order chi connectivity index (χ0) is 11.4. The van der Waals surface area contributed by atoms with E-state index in [1.165, 1.54) is 5.57 Å². The fourth-order valence-electron chi connectivity index (χ4n) is 2.10. The second kappa shape index (κ2) is 5.25.